The minimum Gasteiger partial charge on any atom is -0.354 e. The number of aromatic nitrogens is 3. The summed E-state index contributed by atoms with van der Waals surface area (Å²) in [5, 5.41) is 6.43. The van der Waals surface area contributed by atoms with Crippen LogP contribution in [-0.2, 0) is 0 Å². The van der Waals surface area contributed by atoms with E-state index in [1.165, 1.54) is 6.42 Å². The van der Waals surface area contributed by atoms with E-state index in [2.05, 4.69) is 32.5 Å². The van der Waals surface area contributed by atoms with Crippen molar-refractivity contribution in [3.8, 4) is 0 Å². The van der Waals surface area contributed by atoms with E-state index < -0.39 is 0 Å². The van der Waals surface area contributed by atoms with Gasteiger partial charge in [-0.15, -0.1) is 0 Å². The van der Waals surface area contributed by atoms with Crippen LogP contribution in [0.5, 0.6) is 0 Å². The van der Waals surface area contributed by atoms with Gasteiger partial charge in [0, 0.05) is 27.2 Å². The van der Waals surface area contributed by atoms with Crippen molar-refractivity contribution >= 4 is 17.8 Å². The molecule has 0 spiro atoms. The Labute approximate surface area is 108 Å². The summed E-state index contributed by atoms with van der Waals surface area (Å²) in [6.07, 6.45) is 1.30. The molecule has 18 heavy (non-hydrogen) atoms. The summed E-state index contributed by atoms with van der Waals surface area (Å²) in [5.74, 6) is 3.56. The third-order valence-corrected chi connectivity index (χ3v) is 3.16. The molecular weight excluding hydrogens is 228 g/mol. The van der Waals surface area contributed by atoms with Gasteiger partial charge in [-0.05, 0) is 25.2 Å². The molecule has 1 aliphatic rings. The fourth-order valence-electron chi connectivity index (χ4n) is 1.79. The van der Waals surface area contributed by atoms with Crippen LogP contribution < -0.4 is 15.5 Å². The van der Waals surface area contributed by atoms with E-state index >= 15 is 0 Å². The van der Waals surface area contributed by atoms with E-state index in [-0.39, 0.29) is 0 Å². The second-order valence-corrected chi connectivity index (χ2v) is 5.06. The molecule has 2 atom stereocenters. The fourth-order valence-corrected chi connectivity index (χ4v) is 1.79. The summed E-state index contributed by atoms with van der Waals surface area (Å²) in [4.78, 5) is 15.0. The molecule has 0 amide bonds. The van der Waals surface area contributed by atoms with Gasteiger partial charge in [0.25, 0.3) is 0 Å². The van der Waals surface area contributed by atoms with Crippen molar-refractivity contribution in [3.05, 3.63) is 0 Å². The Morgan fingerprint density at radius 3 is 2.28 bits per heavy atom. The number of hydrogen-bond donors (Lipinski definition) is 2. The molecule has 2 rings (SSSR count). The summed E-state index contributed by atoms with van der Waals surface area (Å²) in [7, 11) is 3.86. The number of nitrogens with one attached hydrogen (secondary N) is 2. The molecule has 6 heteroatoms. The van der Waals surface area contributed by atoms with Crippen molar-refractivity contribution in [2.45, 2.75) is 20.3 Å². The topological polar surface area (TPSA) is 66.0 Å². The van der Waals surface area contributed by atoms with Crippen molar-refractivity contribution in [3.63, 3.8) is 0 Å². The maximum atomic E-state index is 4.39. The van der Waals surface area contributed by atoms with Crippen LogP contribution in [0.25, 0.3) is 0 Å². The van der Waals surface area contributed by atoms with Crippen LogP contribution >= 0.6 is 0 Å². The van der Waals surface area contributed by atoms with Gasteiger partial charge >= 0.3 is 0 Å². The minimum absolute atomic E-state index is 0.627. The lowest BCUT2D eigenvalue weighted by Crippen LogP contribution is -2.17. The Morgan fingerprint density at radius 2 is 1.78 bits per heavy atom. The van der Waals surface area contributed by atoms with E-state index in [9.17, 15) is 0 Å². The van der Waals surface area contributed by atoms with E-state index in [0.29, 0.717) is 17.8 Å². The molecule has 6 nitrogen and oxygen atoms in total. The number of nitrogens with zero attached hydrogens (tertiary/aromatic N) is 4. The number of hydrogen-bond acceptors (Lipinski definition) is 6. The van der Waals surface area contributed by atoms with Crippen molar-refractivity contribution in [2.24, 2.45) is 11.8 Å². The lowest BCUT2D eigenvalue weighted by molar-refractivity contribution is 0.778. The zero-order valence-corrected chi connectivity index (χ0v) is 11.6. The molecule has 1 aromatic heterocycles. The monoisotopic (exact) mass is 250 g/mol. The van der Waals surface area contributed by atoms with Crippen molar-refractivity contribution in [1.82, 2.24) is 15.0 Å². The normalized spacial score (nSPS) is 21.6. The highest BCUT2D eigenvalue weighted by Gasteiger charge is 2.32. The Bertz CT molecular complexity index is 406. The number of rotatable bonds is 6. The third kappa shape index (κ3) is 3.21. The summed E-state index contributed by atoms with van der Waals surface area (Å²) < 4.78 is 0. The largest absolute Gasteiger partial charge is 0.354 e. The van der Waals surface area contributed by atoms with Gasteiger partial charge in [-0.3, -0.25) is 0 Å². The second-order valence-electron chi connectivity index (χ2n) is 5.06. The van der Waals surface area contributed by atoms with Crippen LogP contribution in [0, 0.1) is 11.8 Å². The quantitative estimate of drug-likeness (QED) is 0.796. The van der Waals surface area contributed by atoms with E-state index in [1.807, 2.05) is 25.9 Å². The van der Waals surface area contributed by atoms with Crippen LogP contribution in [0.15, 0.2) is 0 Å². The molecule has 1 heterocycles. The first-order valence-electron chi connectivity index (χ1n) is 6.51. The number of anilines is 3. The highest BCUT2D eigenvalue weighted by Crippen LogP contribution is 2.37. The molecule has 2 unspecified atom stereocenters. The Kier molecular flexibility index (Phi) is 3.84. The first-order valence-corrected chi connectivity index (χ1v) is 6.51. The fraction of sp³-hybridized carbons (Fsp3) is 0.750. The van der Waals surface area contributed by atoms with Gasteiger partial charge in [0.1, 0.15) is 0 Å². The Morgan fingerprint density at radius 1 is 1.17 bits per heavy atom. The maximum Gasteiger partial charge on any atom is 0.231 e. The molecule has 1 saturated carbocycles. The maximum absolute atomic E-state index is 4.39. The molecule has 0 bridgehead atoms. The molecule has 0 aromatic carbocycles. The molecule has 1 aliphatic carbocycles. The zero-order valence-electron chi connectivity index (χ0n) is 11.6. The van der Waals surface area contributed by atoms with Crippen LogP contribution in [0.4, 0.5) is 17.8 Å². The van der Waals surface area contributed by atoms with E-state index in [0.717, 1.165) is 24.9 Å². The Hall–Kier alpha value is -1.59. The van der Waals surface area contributed by atoms with Crippen molar-refractivity contribution in [2.75, 3.05) is 42.7 Å². The van der Waals surface area contributed by atoms with Gasteiger partial charge in [-0.2, -0.15) is 15.0 Å². The third-order valence-electron chi connectivity index (χ3n) is 3.16. The smallest absolute Gasteiger partial charge is 0.231 e. The van der Waals surface area contributed by atoms with Crippen LogP contribution in [-0.4, -0.2) is 42.1 Å². The minimum atomic E-state index is 0.627. The first kappa shape index (κ1) is 12.9. The lowest BCUT2D eigenvalue weighted by atomic mass is 10.3. The van der Waals surface area contributed by atoms with Crippen LogP contribution in [0.1, 0.15) is 20.3 Å². The molecule has 0 saturated heterocycles. The summed E-state index contributed by atoms with van der Waals surface area (Å²) in [5.41, 5.74) is 0. The predicted molar refractivity (Wildman–Crippen MR) is 74.1 cm³/mol. The first-order chi connectivity index (χ1) is 8.60. The van der Waals surface area contributed by atoms with E-state index in [1.54, 1.807) is 0 Å². The second kappa shape index (κ2) is 5.37. The van der Waals surface area contributed by atoms with Crippen LogP contribution in [0.3, 0.4) is 0 Å². The molecule has 100 valence electrons. The van der Waals surface area contributed by atoms with Gasteiger partial charge in [0.2, 0.25) is 17.8 Å². The molecule has 2 N–H and O–H groups in total. The van der Waals surface area contributed by atoms with Gasteiger partial charge < -0.3 is 15.5 Å². The molecule has 0 radical (unpaired) electrons. The summed E-state index contributed by atoms with van der Waals surface area (Å²) >= 11 is 0. The van der Waals surface area contributed by atoms with Crippen molar-refractivity contribution < 1.29 is 0 Å². The summed E-state index contributed by atoms with van der Waals surface area (Å²) in [6.45, 7) is 6.05. The average molecular weight is 250 g/mol. The highest BCUT2D eigenvalue weighted by molar-refractivity contribution is 5.42. The molecule has 1 aromatic rings. The van der Waals surface area contributed by atoms with Gasteiger partial charge in [-0.25, -0.2) is 0 Å². The molecule has 1 fully saturated rings. The average Bonchev–Trinajstić information content (AvgIpc) is 3.03. The molecular formula is C12H22N6. The lowest BCUT2D eigenvalue weighted by Gasteiger charge is -2.13. The Balaban J connectivity index is 2.06. The standard InChI is InChI=1S/C12H22N6/c1-5-13-10-15-11(14-7-9-6-8(9)2)17-12(16-10)18(3)4/h8-9H,5-7H2,1-4H3,(H2,13,14,15,16,17). The SMILES string of the molecule is CCNc1nc(NCC2CC2C)nc(N(C)C)n1. The highest BCUT2D eigenvalue weighted by atomic mass is 15.3. The van der Waals surface area contributed by atoms with Gasteiger partial charge in [0.15, 0.2) is 0 Å². The molecule has 0 aliphatic heterocycles. The summed E-state index contributed by atoms with van der Waals surface area (Å²) in [6, 6.07) is 0. The van der Waals surface area contributed by atoms with Crippen molar-refractivity contribution in [1.29, 1.82) is 0 Å². The van der Waals surface area contributed by atoms with Crippen LogP contribution in [0.2, 0.25) is 0 Å². The van der Waals surface area contributed by atoms with E-state index in [4.69, 9.17) is 0 Å². The zero-order chi connectivity index (χ0) is 13.1. The van der Waals surface area contributed by atoms with Gasteiger partial charge in [0.05, 0.1) is 0 Å². The van der Waals surface area contributed by atoms with Gasteiger partial charge in [-0.1, -0.05) is 6.92 Å². The predicted octanol–water partition coefficient (Wildman–Crippen LogP) is 1.44.